The van der Waals surface area contributed by atoms with Gasteiger partial charge in [0.2, 0.25) is 5.88 Å². The molecule has 0 bridgehead atoms. The monoisotopic (exact) mass is 608 g/mol. The molecule has 0 saturated heterocycles. The van der Waals surface area contributed by atoms with E-state index in [1.54, 1.807) is 24.3 Å². The number of fused-ring (bicyclic) bond motifs is 1. The highest BCUT2D eigenvalue weighted by molar-refractivity contribution is 5.86. The fourth-order valence-corrected chi connectivity index (χ4v) is 4.69. The van der Waals surface area contributed by atoms with Crippen LogP contribution in [0.1, 0.15) is 43.4 Å². The van der Waals surface area contributed by atoms with Crippen LogP contribution in [0.25, 0.3) is 22.3 Å². The van der Waals surface area contributed by atoms with Gasteiger partial charge in [-0.15, -0.1) is 0 Å². The molecule has 2 heterocycles. The third-order valence-corrected chi connectivity index (χ3v) is 6.94. The summed E-state index contributed by atoms with van der Waals surface area (Å²) in [6.07, 6.45) is 2.30. The van der Waals surface area contributed by atoms with Gasteiger partial charge in [-0.05, 0) is 61.2 Å². The molecule has 0 fully saturated rings. The van der Waals surface area contributed by atoms with Gasteiger partial charge in [0.05, 0.1) is 33.6 Å². The van der Waals surface area contributed by atoms with Crippen LogP contribution < -0.4 is 15.0 Å². The number of nitro benzene ring substituents is 1. The van der Waals surface area contributed by atoms with E-state index < -0.39 is 15.4 Å². The zero-order chi connectivity index (χ0) is 32.2. The standard InChI is InChI=1S/C32H28N6O7/c1-5-44-29-14-20(4)26(16-25(29)19(2)3)31-35-27-9-7-6-8-24(27)32(39)36(31)34-17-21-15-22(37(40)41)10-12-28(21)45-30-13-11-23(18-33-30)38(42)43/h6-19H,5H2,1-4H3. The van der Waals surface area contributed by atoms with Gasteiger partial charge in [0.25, 0.3) is 16.9 Å². The second-order valence-corrected chi connectivity index (χ2v) is 10.3. The number of nitro groups is 2. The summed E-state index contributed by atoms with van der Waals surface area (Å²) in [6, 6.07) is 17.1. The van der Waals surface area contributed by atoms with Crippen molar-refractivity contribution in [1.29, 1.82) is 0 Å². The Hall–Kier alpha value is -5.98. The molecule has 5 aromatic rings. The first kappa shape index (κ1) is 30.5. The first-order valence-corrected chi connectivity index (χ1v) is 14.0. The second-order valence-electron chi connectivity index (χ2n) is 10.3. The summed E-state index contributed by atoms with van der Waals surface area (Å²) in [5.74, 6) is 1.24. The SMILES string of the molecule is CCOc1cc(C)c(-c2nc3ccccc3c(=O)n2N=Cc2cc([N+](=O)[O-])ccc2Oc2ccc([N+](=O)[O-])cn2)cc1C(C)C. The highest BCUT2D eigenvalue weighted by atomic mass is 16.6. The number of nitrogens with zero attached hydrogens (tertiary/aromatic N) is 6. The third-order valence-electron chi connectivity index (χ3n) is 6.94. The molecule has 0 atom stereocenters. The smallest absolute Gasteiger partial charge is 0.287 e. The molecule has 0 amide bonds. The van der Waals surface area contributed by atoms with Crippen LogP contribution >= 0.6 is 0 Å². The summed E-state index contributed by atoms with van der Waals surface area (Å²) in [4.78, 5) is 44.1. The van der Waals surface area contributed by atoms with Gasteiger partial charge in [0.15, 0.2) is 5.82 Å². The summed E-state index contributed by atoms with van der Waals surface area (Å²) >= 11 is 0. The van der Waals surface area contributed by atoms with E-state index >= 15 is 0 Å². The minimum atomic E-state index is -0.593. The Bertz CT molecular complexity index is 2020. The van der Waals surface area contributed by atoms with Crippen LogP contribution in [0.5, 0.6) is 17.4 Å². The summed E-state index contributed by atoms with van der Waals surface area (Å²) in [5.41, 5.74) is 2.11. The maximum absolute atomic E-state index is 13.9. The molecule has 13 heteroatoms. The van der Waals surface area contributed by atoms with Crippen LogP contribution in [0.2, 0.25) is 0 Å². The Morgan fingerprint density at radius 3 is 2.38 bits per heavy atom. The van der Waals surface area contributed by atoms with Crippen LogP contribution in [0.4, 0.5) is 11.4 Å². The van der Waals surface area contributed by atoms with E-state index in [-0.39, 0.29) is 40.3 Å². The van der Waals surface area contributed by atoms with Crippen LogP contribution in [-0.2, 0) is 0 Å². The minimum Gasteiger partial charge on any atom is -0.494 e. The first-order chi connectivity index (χ1) is 21.6. The predicted molar refractivity (Wildman–Crippen MR) is 168 cm³/mol. The van der Waals surface area contributed by atoms with Gasteiger partial charge in [-0.1, -0.05) is 26.0 Å². The molecule has 0 radical (unpaired) electrons. The van der Waals surface area contributed by atoms with Gasteiger partial charge in [-0.25, -0.2) is 9.97 Å². The molecule has 228 valence electrons. The van der Waals surface area contributed by atoms with Crippen molar-refractivity contribution in [3.05, 3.63) is 120 Å². The Morgan fingerprint density at radius 1 is 0.978 bits per heavy atom. The van der Waals surface area contributed by atoms with Crippen molar-refractivity contribution in [3.8, 4) is 28.8 Å². The van der Waals surface area contributed by atoms with Gasteiger partial charge in [0.1, 0.15) is 17.7 Å². The fourth-order valence-electron chi connectivity index (χ4n) is 4.69. The van der Waals surface area contributed by atoms with Crippen LogP contribution in [-0.4, -0.2) is 37.3 Å². The average Bonchev–Trinajstić information content (AvgIpc) is 3.01. The van der Waals surface area contributed by atoms with E-state index in [4.69, 9.17) is 14.5 Å². The molecule has 0 N–H and O–H groups in total. The molecular weight excluding hydrogens is 580 g/mol. The average molecular weight is 609 g/mol. The largest absolute Gasteiger partial charge is 0.494 e. The van der Waals surface area contributed by atoms with Crippen molar-refractivity contribution >= 4 is 28.5 Å². The lowest BCUT2D eigenvalue weighted by Gasteiger charge is -2.18. The maximum atomic E-state index is 13.9. The van der Waals surface area contributed by atoms with Crippen LogP contribution in [0, 0.1) is 27.2 Å². The molecule has 0 saturated carbocycles. The predicted octanol–water partition coefficient (Wildman–Crippen LogP) is 6.78. The number of hydrogen-bond acceptors (Lipinski definition) is 10. The molecular formula is C32H28N6O7. The molecule has 13 nitrogen and oxygen atoms in total. The number of hydrogen-bond donors (Lipinski definition) is 0. The number of para-hydroxylation sites is 1. The molecule has 0 aliphatic carbocycles. The fraction of sp³-hybridized carbons (Fsp3) is 0.188. The Morgan fingerprint density at radius 2 is 1.71 bits per heavy atom. The molecule has 3 aromatic carbocycles. The number of aromatic nitrogens is 3. The summed E-state index contributed by atoms with van der Waals surface area (Å²) in [5, 5.41) is 27.4. The van der Waals surface area contributed by atoms with Crippen molar-refractivity contribution in [2.24, 2.45) is 5.10 Å². The summed E-state index contributed by atoms with van der Waals surface area (Å²) in [6.45, 7) is 8.37. The number of rotatable bonds is 10. The van der Waals surface area contributed by atoms with Gasteiger partial charge < -0.3 is 9.47 Å². The van der Waals surface area contributed by atoms with E-state index in [9.17, 15) is 25.0 Å². The lowest BCUT2D eigenvalue weighted by molar-refractivity contribution is -0.385. The Kier molecular flexibility index (Phi) is 8.61. The topological polar surface area (TPSA) is 165 Å². The van der Waals surface area contributed by atoms with Gasteiger partial charge in [0, 0.05) is 35.4 Å². The van der Waals surface area contributed by atoms with Crippen molar-refractivity contribution in [3.63, 3.8) is 0 Å². The number of ether oxygens (including phenoxy) is 2. The molecule has 0 aliphatic rings. The number of non-ortho nitro benzene ring substituents is 1. The van der Waals surface area contributed by atoms with E-state index in [0.717, 1.165) is 27.7 Å². The molecule has 45 heavy (non-hydrogen) atoms. The highest BCUT2D eigenvalue weighted by Gasteiger charge is 2.19. The minimum absolute atomic E-state index is 0.0144. The van der Waals surface area contributed by atoms with Crippen LogP contribution in [0.3, 0.4) is 0 Å². The molecule has 5 rings (SSSR count). The van der Waals surface area contributed by atoms with Gasteiger partial charge >= 0.3 is 0 Å². The van der Waals surface area contributed by atoms with Crippen LogP contribution in [0.15, 0.2) is 82.8 Å². The third kappa shape index (κ3) is 6.37. The molecule has 0 aliphatic heterocycles. The van der Waals surface area contributed by atoms with E-state index in [2.05, 4.69) is 10.1 Å². The quantitative estimate of drug-likeness (QED) is 0.0943. The summed E-state index contributed by atoms with van der Waals surface area (Å²) in [7, 11) is 0. The second kappa shape index (κ2) is 12.7. The normalized spacial score (nSPS) is 11.3. The van der Waals surface area contributed by atoms with E-state index in [1.807, 2.05) is 39.8 Å². The number of benzene rings is 3. The number of pyridine rings is 1. The van der Waals surface area contributed by atoms with Gasteiger partial charge in [-0.3, -0.25) is 25.0 Å². The highest BCUT2D eigenvalue weighted by Crippen LogP contribution is 2.34. The molecule has 0 spiro atoms. The van der Waals surface area contributed by atoms with Crippen molar-refractivity contribution < 1.29 is 19.3 Å². The lowest BCUT2D eigenvalue weighted by atomic mass is 9.96. The first-order valence-electron chi connectivity index (χ1n) is 14.0. The lowest BCUT2D eigenvalue weighted by Crippen LogP contribution is -2.21. The van der Waals surface area contributed by atoms with Crippen molar-refractivity contribution in [2.75, 3.05) is 6.61 Å². The Labute approximate surface area is 256 Å². The van der Waals surface area contributed by atoms with Crippen molar-refractivity contribution in [1.82, 2.24) is 14.6 Å². The maximum Gasteiger partial charge on any atom is 0.287 e. The van der Waals surface area contributed by atoms with E-state index in [1.165, 1.54) is 36.5 Å². The van der Waals surface area contributed by atoms with E-state index in [0.29, 0.717) is 23.1 Å². The zero-order valence-electron chi connectivity index (χ0n) is 24.8. The Balaban J connectivity index is 1.68. The van der Waals surface area contributed by atoms with Crippen molar-refractivity contribution in [2.45, 2.75) is 33.6 Å². The molecule has 2 aromatic heterocycles. The summed E-state index contributed by atoms with van der Waals surface area (Å²) < 4.78 is 12.9. The number of aryl methyl sites for hydroxylation is 1. The zero-order valence-corrected chi connectivity index (χ0v) is 24.8. The van der Waals surface area contributed by atoms with Gasteiger partial charge in [-0.2, -0.15) is 9.78 Å². The molecule has 0 unspecified atom stereocenters.